The number of sulfonamides is 1. The molecule has 1 aromatic carbocycles. The molecule has 0 saturated carbocycles. The molecule has 1 aliphatic heterocycles. The van der Waals surface area contributed by atoms with E-state index in [9.17, 15) is 13.2 Å². The molecule has 9 heteroatoms. The van der Waals surface area contributed by atoms with Crippen molar-refractivity contribution >= 4 is 50.2 Å². The van der Waals surface area contributed by atoms with Crippen molar-refractivity contribution in [2.24, 2.45) is 0 Å². The Kier molecular flexibility index (Phi) is 6.60. The van der Waals surface area contributed by atoms with Crippen LogP contribution in [0.25, 0.3) is 0 Å². The average molecular weight is 481 g/mol. The molecule has 0 radical (unpaired) electrons. The number of hydrogen-bond donors (Lipinski definition) is 1. The van der Waals surface area contributed by atoms with Crippen molar-refractivity contribution in [1.82, 2.24) is 9.62 Å². The maximum absolute atomic E-state index is 12.8. The molecule has 1 N–H and O–H groups in total. The number of carbonyl (C=O) groups excluding carboxylic acids is 1. The summed E-state index contributed by atoms with van der Waals surface area (Å²) in [6.45, 7) is 1.14. The molecule has 30 heavy (non-hydrogen) atoms. The normalized spacial score (nSPS) is 15.9. The number of rotatable bonds is 7. The molecule has 0 spiro atoms. The summed E-state index contributed by atoms with van der Waals surface area (Å²) in [5.74, 6) is -0.159. The lowest BCUT2D eigenvalue weighted by molar-refractivity contribution is -0.120. The lowest BCUT2D eigenvalue weighted by Crippen LogP contribution is -2.30. The highest BCUT2D eigenvalue weighted by Gasteiger charge is 2.28. The topological polar surface area (TPSA) is 66.5 Å². The molecular formula is C21H21ClN2O3S3. The number of nitrogens with one attached hydrogen (secondary N) is 1. The summed E-state index contributed by atoms with van der Waals surface area (Å²) in [6.07, 6.45) is 1.93. The van der Waals surface area contributed by atoms with Gasteiger partial charge in [-0.2, -0.15) is 15.6 Å². The minimum Gasteiger partial charge on any atom is -0.345 e. The third-order valence-corrected chi connectivity index (χ3v) is 9.42. The second-order valence-electron chi connectivity index (χ2n) is 7.12. The molecule has 1 aliphatic rings. The van der Waals surface area contributed by atoms with Crippen LogP contribution in [0.1, 0.15) is 34.9 Å². The van der Waals surface area contributed by atoms with Crippen molar-refractivity contribution in [3.63, 3.8) is 0 Å². The van der Waals surface area contributed by atoms with Crippen LogP contribution in [0.5, 0.6) is 0 Å². The van der Waals surface area contributed by atoms with E-state index in [2.05, 4.69) is 5.32 Å². The van der Waals surface area contributed by atoms with E-state index in [0.717, 1.165) is 28.8 Å². The van der Waals surface area contributed by atoms with Crippen LogP contribution in [0.15, 0.2) is 57.4 Å². The Bertz CT molecular complexity index is 1100. The van der Waals surface area contributed by atoms with Crippen molar-refractivity contribution in [3.05, 3.63) is 74.3 Å². The van der Waals surface area contributed by atoms with Gasteiger partial charge in [0.25, 0.3) is 10.0 Å². The fourth-order valence-corrected chi connectivity index (χ4v) is 7.31. The van der Waals surface area contributed by atoms with E-state index in [4.69, 9.17) is 11.6 Å². The summed E-state index contributed by atoms with van der Waals surface area (Å²) >= 11 is 8.74. The van der Waals surface area contributed by atoms with Crippen LogP contribution >= 0.6 is 34.3 Å². The van der Waals surface area contributed by atoms with Gasteiger partial charge in [0, 0.05) is 23.0 Å². The molecule has 2 aromatic heterocycles. The highest BCUT2D eigenvalue weighted by atomic mass is 35.5. The summed E-state index contributed by atoms with van der Waals surface area (Å²) in [7, 11) is -3.45. The molecule has 1 saturated heterocycles. The molecule has 158 valence electrons. The molecule has 0 bridgehead atoms. The van der Waals surface area contributed by atoms with Crippen molar-refractivity contribution in [2.75, 3.05) is 13.1 Å². The summed E-state index contributed by atoms with van der Waals surface area (Å²) in [5.41, 5.74) is 1.94. The van der Waals surface area contributed by atoms with Gasteiger partial charge in [-0.25, -0.2) is 8.42 Å². The van der Waals surface area contributed by atoms with E-state index >= 15 is 0 Å². The zero-order chi connectivity index (χ0) is 21.1. The molecule has 3 heterocycles. The highest BCUT2D eigenvalue weighted by molar-refractivity contribution is 7.91. The molecular weight excluding hydrogens is 460 g/mol. The Morgan fingerprint density at radius 3 is 2.47 bits per heavy atom. The van der Waals surface area contributed by atoms with Gasteiger partial charge in [-0.3, -0.25) is 4.79 Å². The summed E-state index contributed by atoms with van der Waals surface area (Å²) < 4.78 is 27.2. The van der Waals surface area contributed by atoms with Gasteiger partial charge in [-0.1, -0.05) is 23.7 Å². The van der Waals surface area contributed by atoms with Crippen LogP contribution in [0.2, 0.25) is 5.02 Å². The molecule has 1 atom stereocenters. The van der Waals surface area contributed by atoms with Crippen molar-refractivity contribution < 1.29 is 13.2 Å². The number of hydrogen-bond acceptors (Lipinski definition) is 5. The van der Waals surface area contributed by atoms with Crippen LogP contribution in [0, 0.1) is 0 Å². The minimum absolute atomic E-state index is 0.133. The zero-order valence-electron chi connectivity index (χ0n) is 16.1. The van der Waals surface area contributed by atoms with E-state index in [-0.39, 0.29) is 18.4 Å². The number of halogens is 1. The molecule has 1 fully saturated rings. The number of nitrogens with zero attached hydrogens (tertiary/aromatic N) is 1. The van der Waals surface area contributed by atoms with Crippen LogP contribution in [0.4, 0.5) is 0 Å². The number of thiophene rings is 2. The third-order valence-electron chi connectivity index (χ3n) is 5.02. The van der Waals surface area contributed by atoms with Gasteiger partial charge in [0.05, 0.1) is 12.5 Å². The Morgan fingerprint density at radius 2 is 1.80 bits per heavy atom. The van der Waals surface area contributed by atoms with E-state index in [0.29, 0.717) is 22.3 Å². The first-order chi connectivity index (χ1) is 14.4. The fraction of sp³-hybridized carbons (Fsp3) is 0.286. The molecule has 0 aliphatic carbocycles. The monoisotopic (exact) mass is 480 g/mol. The van der Waals surface area contributed by atoms with Gasteiger partial charge >= 0.3 is 0 Å². The zero-order valence-corrected chi connectivity index (χ0v) is 19.3. The molecule has 1 unspecified atom stereocenters. The van der Waals surface area contributed by atoms with Crippen molar-refractivity contribution in [3.8, 4) is 0 Å². The smallest absolute Gasteiger partial charge is 0.252 e. The van der Waals surface area contributed by atoms with Crippen LogP contribution in [0.3, 0.4) is 0 Å². The molecule has 5 nitrogen and oxygen atoms in total. The predicted octanol–water partition coefficient (Wildman–Crippen LogP) is 4.70. The van der Waals surface area contributed by atoms with E-state index in [1.807, 2.05) is 29.0 Å². The minimum atomic E-state index is -3.45. The summed E-state index contributed by atoms with van der Waals surface area (Å²) in [5, 5.41) is 7.69. The number of carbonyl (C=O) groups is 1. The second-order valence-corrected chi connectivity index (χ2v) is 11.7. The Morgan fingerprint density at radius 1 is 1.07 bits per heavy atom. The SMILES string of the molecule is O=C(Cc1ccc(S(=O)(=O)N2CCCC2)s1)NC(c1ccc(Cl)cc1)c1ccsc1. The van der Waals surface area contributed by atoms with Gasteiger partial charge in [-0.15, -0.1) is 11.3 Å². The largest absolute Gasteiger partial charge is 0.345 e. The van der Waals surface area contributed by atoms with E-state index in [1.54, 1.807) is 35.6 Å². The quantitative estimate of drug-likeness (QED) is 0.533. The first kappa shape index (κ1) is 21.5. The lowest BCUT2D eigenvalue weighted by atomic mass is 10.0. The third kappa shape index (κ3) is 4.78. The van der Waals surface area contributed by atoms with E-state index in [1.165, 1.54) is 15.6 Å². The van der Waals surface area contributed by atoms with Crippen LogP contribution in [-0.4, -0.2) is 31.7 Å². The van der Waals surface area contributed by atoms with Crippen LogP contribution < -0.4 is 5.32 Å². The maximum atomic E-state index is 12.8. The fourth-order valence-electron chi connectivity index (χ4n) is 3.47. The molecule has 1 amide bonds. The number of benzene rings is 1. The highest BCUT2D eigenvalue weighted by Crippen LogP contribution is 2.29. The van der Waals surface area contributed by atoms with Gasteiger partial charge in [-0.05, 0) is 65.1 Å². The Hall–Kier alpha value is -1.71. The maximum Gasteiger partial charge on any atom is 0.252 e. The molecule has 4 rings (SSSR count). The number of amides is 1. The Labute approximate surface area is 189 Å². The second kappa shape index (κ2) is 9.20. The van der Waals surface area contributed by atoms with E-state index < -0.39 is 10.0 Å². The van der Waals surface area contributed by atoms with Crippen molar-refractivity contribution in [2.45, 2.75) is 29.5 Å². The first-order valence-electron chi connectivity index (χ1n) is 9.59. The Balaban J connectivity index is 1.48. The van der Waals surface area contributed by atoms with Gasteiger partial charge in [0.2, 0.25) is 5.91 Å². The van der Waals surface area contributed by atoms with Gasteiger partial charge < -0.3 is 5.32 Å². The van der Waals surface area contributed by atoms with Gasteiger partial charge in [0.15, 0.2) is 0 Å². The average Bonchev–Trinajstić information content (AvgIpc) is 3.49. The standard InChI is InChI=1S/C21H21ClN2O3S3/c22-17-5-3-15(4-6-17)21(16-9-12-28-14-16)23-19(25)13-18-7-8-20(29-18)30(26,27)24-10-1-2-11-24/h3-9,12,14,21H,1-2,10-11,13H2,(H,23,25). The summed E-state index contributed by atoms with van der Waals surface area (Å²) in [4.78, 5) is 13.5. The molecule has 3 aromatic rings. The van der Waals surface area contributed by atoms with Crippen LogP contribution in [-0.2, 0) is 21.2 Å². The predicted molar refractivity (Wildman–Crippen MR) is 122 cm³/mol. The van der Waals surface area contributed by atoms with Gasteiger partial charge in [0.1, 0.15) is 4.21 Å². The summed E-state index contributed by atoms with van der Waals surface area (Å²) in [6, 6.07) is 12.4. The lowest BCUT2D eigenvalue weighted by Gasteiger charge is -2.18. The van der Waals surface area contributed by atoms with Crippen molar-refractivity contribution in [1.29, 1.82) is 0 Å². The first-order valence-corrected chi connectivity index (χ1v) is 13.2.